The molecule has 0 aliphatic heterocycles. The van der Waals surface area contributed by atoms with Crippen LogP contribution >= 0.6 is 0 Å². The number of carbonyl (C=O) groups is 1. The summed E-state index contributed by atoms with van der Waals surface area (Å²) < 4.78 is 16.9. The van der Waals surface area contributed by atoms with Crippen molar-refractivity contribution in [3.05, 3.63) is 84.4 Å². The zero-order valence-electron chi connectivity index (χ0n) is 15.9. The maximum absolute atomic E-state index is 12.5. The van der Waals surface area contributed by atoms with Crippen LogP contribution in [-0.4, -0.2) is 17.5 Å². The number of amides is 1. The molecule has 146 valence electrons. The van der Waals surface area contributed by atoms with Crippen LogP contribution < -0.4 is 14.8 Å². The van der Waals surface area contributed by atoms with Crippen LogP contribution in [-0.2, 0) is 6.61 Å². The smallest absolute Gasteiger partial charge is 0.291 e. The Hall–Kier alpha value is -3.80. The molecule has 0 saturated carbocycles. The van der Waals surface area contributed by atoms with Crippen molar-refractivity contribution in [1.29, 1.82) is 0 Å². The molecule has 0 unspecified atom stereocenters. The van der Waals surface area contributed by atoms with E-state index in [2.05, 4.69) is 16.4 Å². The van der Waals surface area contributed by atoms with E-state index in [0.717, 1.165) is 16.5 Å². The Bertz CT molecular complexity index is 1140. The number of ether oxygens (including phenoxy) is 2. The molecule has 0 spiro atoms. The van der Waals surface area contributed by atoms with Crippen LogP contribution in [0.2, 0.25) is 0 Å². The molecule has 0 saturated heterocycles. The first-order valence-corrected chi connectivity index (χ1v) is 9.32. The van der Waals surface area contributed by atoms with Crippen LogP contribution in [0.15, 0.2) is 77.3 Å². The van der Waals surface area contributed by atoms with Gasteiger partial charge in [-0.05, 0) is 54.1 Å². The Balaban J connectivity index is 1.40. The van der Waals surface area contributed by atoms with E-state index in [1.807, 2.05) is 43.3 Å². The summed E-state index contributed by atoms with van der Waals surface area (Å²) >= 11 is 0. The Labute approximate surface area is 168 Å². The van der Waals surface area contributed by atoms with Gasteiger partial charge in [-0.3, -0.25) is 4.79 Å². The van der Waals surface area contributed by atoms with Gasteiger partial charge in [-0.1, -0.05) is 30.3 Å². The minimum atomic E-state index is -0.379. The molecule has 29 heavy (non-hydrogen) atoms. The summed E-state index contributed by atoms with van der Waals surface area (Å²) in [7, 11) is 0. The van der Waals surface area contributed by atoms with Crippen molar-refractivity contribution in [1.82, 2.24) is 4.98 Å². The summed E-state index contributed by atoms with van der Waals surface area (Å²) in [5, 5.41) is 5.01. The number of rotatable bonds is 7. The number of hydrogen-bond donors (Lipinski definition) is 1. The first-order chi connectivity index (χ1) is 14.2. The van der Waals surface area contributed by atoms with Gasteiger partial charge >= 0.3 is 0 Å². The number of furan rings is 1. The molecule has 0 fully saturated rings. The van der Waals surface area contributed by atoms with Crippen LogP contribution in [0, 0.1) is 0 Å². The second kappa shape index (κ2) is 8.48. The van der Waals surface area contributed by atoms with Crippen LogP contribution in [0.25, 0.3) is 10.8 Å². The van der Waals surface area contributed by atoms with Gasteiger partial charge in [0.1, 0.15) is 23.8 Å². The van der Waals surface area contributed by atoms with Gasteiger partial charge in [0.2, 0.25) is 5.88 Å². The molecule has 0 atom stereocenters. The highest BCUT2D eigenvalue weighted by molar-refractivity contribution is 6.02. The number of nitrogens with one attached hydrogen (secondary N) is 1. The molecule has 0 bridgehead atoms. The number of hydrogen-bond acceptors (Lipinski definition) is 5. The third-order valence-electron chi connectivity index (χ3n) is 4.29. The predicted octanol–water partition coefficient (Wildman–Crippen LogP) is 5.06. The topological polar surface area (TPSA) is 73.6 Å². The highest BCUT2D eigenvalue weighted by Crippen LogP contribution is 2.23. The van der Waals surface area contributed by atoms with Gasteiger partial charge in [0, 0.05) is 6.20 Å². The van der Waals surface area contributed by atoms with Gasteiger partial charge in [0.15, 0.2) is 5.76 Å². The third kappa shape index (κ3) is 4.38. The maximum Gasteiger partial charge on any atom is 0.291 e. The van der Waals surface area contributed by atoms with Crippen molar-refractivity contribution in [2.45, 2.75) is 13.5 Å². The molecule has 6 nitrogen and oxygen atoms in total. The fraction of sp³-hybridized carbons (Fsp3) is 0.130. The van der Waals surface area contributed by atoms with Crippen LogP contribution in [0.1, 0.15) is 23.2 Å². The second-order valence-electron chi connectivity index (χ2n) is 6.31. The standard InChI is InChI=1S/C23H20N2O4/c1-2-27-23-20(8-5-13-24-23)25-22(26)21-12-11-19(29-21)15-28-18-10-9-16-6-3-4-7-17(16)14-18/h3-14H,2,15H2,1H3,(H,25,26). The highest BCUT2D eigenvalue weighted by Gasteiger charge is 2.14. The average molecular weight is 388 g/mol. The van der Waals surface area contributed by atoms with E-state index in [1.54, 1.807) is 30.5 Å². The van der Waals surface area contributed by atoms with E-state index in [-0.39, 0.29) is 18.3 Å². The van der Waals surface area contributed by atoms with Crippen LogP contribution in [0.4, 0.5) is 5.69 Å². The number of benzene rings is 2. The van der Waals surface area contributed by atoms with Crippen molar-refractivity contribution in [2.75, 3.05) is 11.9 Å². The van der Waals surface area contributed by atoms with E-state index < -0.39 is 0 Å². The number of nitrogens with zero attached hydrogens (tertiary/aromatic N) is 1. The predicted molar refractivity (Wildman–Crippen MR) is 110 cm³/mol. The zero-order chi connectivity index (χ0) is 20.1. The minimum Gasteiger partial charge on any atom is -0.486 e. The summed E-state index contributed by atoms with van der Waals surface area (Å²) in [6, 6.07) is 20.8. The Morgan fingerprint density at radius 3 is 2.72 bits per heavy atom. The largest absolute Gasteiger partial charge is 0.486 e. The molecule has 2 heterocycles. The molecule has 0 aliphatic rings. The van der Waals surface area contributed by atoms with Crippen molar-refractivity contribution in [3.8, 4) is 11.6 Å². The normalized spacial score (nSPS) is 10.7. The molecule has 6 heteroatoms. The summed E-state index contributed by atoms with van der Waals surface area (Å²) in [5.41, 5.74) is 0.490. The highest BCUT2D eigenvalue weighted by atomic mass is 16.5. The first kappa shape index (κ1) is 18.6. The summed E-state index contributed by atoms with van der Waals surface area (Å²) in [4.78, 5) is 16.6. The van der Waals surface area contributed by atoms with Gasteiger partial charge in [-0.2, -0.15) is 0 Å². The van der Waals surface area contributed by atoms with E-state index in [9.17, 15) is 4.79 Å². The van der Waals surface area contributed by atoms with Gasteiger partial charge in [-0.15, -0.1) is 0 Å². The lowest BCUT2D eigenvalue weighted by Crippen LogP contribution is -2.12. The Morgan fingerprint density at radius 2 is 1.86 bits per heavy atom. The Morgan fingerprint density at radius 1 is 1.00 bits per heavy atom. The van der Waals surface area contributed by atoms with Crippen molar-refractivity contribution >= 4 is 22.4 Å². The second-order valence-corrected chi connectivity index (χ2v) is 6.31. The number of anilines is 1. The number of fused-ring (bicyclic) bond motifs is 1. The first-order valence-electron chi connectivity index (χ1n) is 9.32. The van der Waals surface area contributed by atoms with Crippen molar-refractivity contribution in [2.24, 2.45) is 0 Å². The summed E-state index contributed by atoms with van der Waals surface area (Å²) in [6.45, 7) is 2.54. The van der Waals surface area contributed by atoms with Crippen LogP contribution in [0.3, 0.4) is 0 Å². The lowest BCUT2D eigenvalue weighted by Gasteiger charge is -2.09. The van der Waals surface area contributed by atoms with Gasteiger partial charge in [-0.25, -0.2) is 4.98 Å². The molecule has 2 aromatic heterocycles. The number of carbonyl (C=O) groups excluding carboxylic acids is 1. The average Bonchev–Trinajstić information content (AvgIpc) is 3.23. The van der Waals surface area contributed by atoms with E-state index >= 15 is 0 Å². The molecule has 1 amide bonds. The molecule has 4 rings (SSSR count). The van der Waals surface area contributed by atoms with E-state index in [1.165, 1.54) is 0 Å². The Kier molecular flexibility index (Phi) is 5.42. The molecule has 1 N–H and O–H groups in total. The SMILES string of the molecule is CCOc1ncccc1NC(=O)c1ccc(COc2ccc3ccccc3c2)o1. The monoisotopic (exact) mass is 388 g/mol. The van der Waals surface area contributed by atoms with Gasteiger partial charge < -0.3 is 19.2 Å². The summed E-state index contributed by atoms with van der Waals surface area (Å²) in [5.74, 6) is 1.47. The number of aromatic nitrogens is 1. The fourth-order valence-corrected chi connectivity index (χ4v) is 2.91. The quantitative estimate of drug-likeness (QED) is 0.479. The lowest BCUT2D eigenvalue weighted by atomic mass is 10.1. The third-order valence-corrected chi connectivity index (χ3v) is 4.29. The molecular formula is C23H20N2O4. The van der Waals surface area contributed by atoms with Gasteiger partial charge in [0.05, 0.1) is 6.61 Å². The van der Waals surface area contributed by atoms with E-state index in [4.69, 9.17) is 13.9 Å². The summed E-state index contributed by atoms with van der Waals surface area (Å²) in [6.07, 6.45) is 1.61. The zero-order valence-corrected chi connectivity index (χ0v) is 15.9. The molecule has 2 aromatic carbocycles. The van der Waals surface area contributed by atoms with Crippen LogP contribution in [0.5, 0.6) is 11.6 Å². The lowest BCUT2D eigenvalue weighted by molar-refractivity contribution is 0.0992. The van der Waals surface area contributed by atoms with Gasteiger partial charge in [0.25, 0.3) is 5.91 Å². The fourth-order valence-electron chi connectivity index (χ4n) is 2.91. The minimum absolute atomic E-state index is 0.188. The maximum atomic E-state index is 12.5. The molecule has 0 aliphatic carbocycles. The molecule has 4 aromatic rings. The molecular weight excluding hydrogens is 368 g/mol. The molecule has 0 radical (unpaired) electrons. The van der Waals surface area contributed by atoms with Crippen molar-refractivity contribution < 1.29 is 18.7 Å². The number of pyridine rings is 1. The van der Waals surface area contributed by atoms with E-state index in [0.29, 0.717) is 23.9 Å². The van der Waals surface area contributed by atoms with Crippen molar-refractivity contribution in [3.63, 3.8) is 0 Å².